The van der Waals surface area contributed by atoms with Crippen molar-refractivity contribution in [3.05, 3.63) is 24.3 Å². The lowest BCUT2D eigenvalue weighted by Gasteiger charge is -2.36. The molecular weight excluding hydrogens is 318 g/mol. The summed E-state index contributed by atoms with van der Waals surface area (Å²) in [5.74, 6) is 7.90. The van der Waals surface area contributed by atoms with Crippen LogP contribution in [0.25, 0.3) is 10.1 Å². The van der Waals surface area contributed by atoms with Crippen LogP contribution in [0.5, 0.6) is 0 Å². The highest BCUT2D eigenvalue weighted by Crippen LogP contribution is 2.30. The molecule has 2 aliphatic rings. The lowest BCUT2D eigenvalue weighted by atomic mass is 9.94. The summed E-state index contributed by atoms with van der Waals surface area (Å²) in [6.07, 6.45) is 3.86. The van der Waals surface area contributed by atoms with Gasteiger partial charge in [-0.2, -0.15) is 4.37 Å². The molecule has 5 nitrogen and oxygen atoms in total. The van der Waals surface area contributed by atoms with Gasteiger partial charge in [0.15, 0.2) is 0 Å². The van der Waals surface area contributed by atoms with Crippen LogP contribution in [0.15, 0.2) is 24.3 Å². The quantitative estimate of drug-likeness (QED) is 0.862. The van der Waals surface area contributed by atoms with E-state index in [4.69, 9.17) is 10.2 Å². The van der Waals surface area contributed by atoms with Crippen LogP contribution < -0.4 is 10.7 Å². The number of fused-ring (bicyclic) bond motifs is 1. The summed E-state index contributed by atoms with van der Waals surface area (Å²) in [5, 5.41) is 3.28. The second kappa shape index (κ2) is 7.35. The van der Waals surface area contributed by atoms with Crippen molar-refractivity contribution in [1.82, 2.24) is 14.3 Å². The summed E-state index contributed by atoms with van der Waals surface area (Å²) < 4.78 is 6.00. The number of hydrazine groups is 1. The molecule has 0 aliphatic carbocycles. The first-order valence-electron chi connectivity index (χ1n) is 9.11. The molecule has 0 atom stereocenters. The van der Waals surface area contributed by atoms with Crippen molar-refractivity contribution in [2.75, 3.05) is 50.7 Å². The van der Waals surface area contributed by atoms with Crippen molar-refractivity contribution in [2.24, 2.45) is 11.8 Å². The van der Waals surface area contributed by atoms with Gasteiger partial charge in [0, 0.05) is 44.7 Å². The molecule has 0 unspecified atom stereocenters. The topological polar surface area (TPSA) is 48.6 Å². The number of anilines is 1. The normalized spacial score (nSPS) is 21.6. The van der Waals surface area contributed by atoms with Crippen LogP contribution in [0.3, 0.4) is 0 Å². The molecule has 0 amide bonds. The third-order valence-corrected chi connectivity index (χ3v) is 6.35. The average Bonchev–Trinajstić information content (AvgIpc) is 3.06. The van der Waals surface area contributed by atoms with Crippen molar-refractivity contribution in [3.63, 3.8) is 0 Å². The lowest BCUT2D eigenvalue weighted by molar-refractivity contribution is 0.163. The molecule has 0 radical (unpaired) electrons. The van der Waals surface area contributed by atoms with Gasteiger partial charge in [0.1, 0.15) is 5.82 Å². The van der Waals surface area contributed by atoms with Crippen molar-refractivity contribution in [3.8, 4) is 0 Å². The maximum absolute atomic E-state index is 5.85. The summed E-state index contributed by atoms with van der Waals surface area (Å²) in [6.45, 7) is 7.86. The Bertz CT molecular complexity index is 656. The van der Waals surface area contributed by atoms with Crippen molar-refractivity contribution in [1.29, 1.82) is 0 Å². The fraction of sp³-hybridized carbons (Fsp3) is 0.611. The molecule has 0 saturated carbocycles. The maximum atomic E-state index is 5.85. The first-order chi connectivity index (χ1) is 11.8. The standard InChI is InChI=1S/C18H27N5S/c19-23-9-6-15(7-10-23)5-8-21-11-13-22(14-12-21)18-16-3-1-2-4-17(16)24-20-18/h1-4,15H,5-14,19H2. The smallest absolute Gasteiger partial charge is 0.150 e. The number of benzene rings is 1. The highest BCUT2D eigenvalue weighted by atomic mass is 32.1. The summed E-state index contributed by atoms with van der Waals surface area (Å²) in [6, 6.07) is 8.57. The van der Waals surface area contributed by atoms with Crippen LogP contribution in [-0.2, 0) is 0 Å². The van der Waals surface area contributed by atoms with Crippen LogP contribution in [0.1, 0.15) is 19.3 Å². The van der Waals surface area contributed by atoms with Gasteiger partial charge in [-0.05, 0) is 55.4 Å². The van der Waals surface area contributed by atoms with Crippen LogP contribution in [0.2, 0.25) is 0 Å². The van der Waals surface area contributed by atoms with Crippen molar-refractivity contribution < 1.29 is 0 Å². The van der Waals surface area contributed by atoms with Gasteiger partial charge in [-0.1, -0.05) is 12.1 Å². The molecule has 1 aromatic carbocycles. The third-order valence-electron chi connectivity index (χ3n) is 5.53. The van der Waals surface area contributed by atoms with E-state index >= 15 is 0 Å². The van der Waals surface area contributed by atoms with Gasteiger partial charge in [-0.25, -0.2) is 5.01 Å². The predicted molar refractivity (Wildman–Crippen MR) is 101 cm³/mol. The maximum Gasteiger partial charge on any atom is 0.150 e. The molecule has 6 heteroatoms. The van der Waals surface area contributed by atoms with Gasteiger partial charge in [-0.15, -0.1) is 0 Å². The van der Waals surface area contributed by atoms with Crippen LogP contribution in [0, 0.1) is 5.92 Å². The SMILES string of the molecule is NN1CCC(CCN2CCN(c3nsc4ccccc34)CC2)CC1. The molecule has 2 aliphatic heterocycles. The Morgan fingerprint density at radius 2 is 1.79 bits per heavy atom. The monoisotopic (exact) mass is 345 g/mol. The Hall–Kier alpha value is -1.21. The van der Waals surface area contributed by atoms with Gasteiger partial charge in [-0.3, -0.25) is 10.7 Å². The number of hydrogen-bond acceptors (Lipinski definition) is 6. The summed E-state index contributed by atoms with van der Waals surface area (Å²) in [4.78, 5) is 5.09. The molecule has 3 heterocycles. The number of aromatic nitrogens is 1. The average molecular weight is 346 g/mol. The molecule has 2 aromatic rings. The highest BCUT2D eigenvalue weighted by molar-refractivity contribution is 7.13. The molecule has 0 spiro atoms. The van der Waals surface area contributed by atoms with E-state index in [1.807, 2.05) is 5.01 Å². The zero-order valence-electron chi connectivity index (χ0n) is 14.2. The molecule has 2 saturated heterocycles. The van der Waals surface area contributed by atoms with Gasteiger partial charge in [0.05, 0.1) is 4.70 Å². The van der Waals surface area contributed by atoms with Gasteiger partial charge < -0.3 is 4.90 Å². The minimum absolute atomic E-state index is 0.866. The van der Waals surface area contributed by atoms with Crippen molar-refractivity contribution in [2.45, 2.75) is 19.3 Å². The second-order valence-corrected chi connectivity index (χ2v) is 7.90. The zero-order chi connectivity index (χ0) is 16.4. The summed E-state index contributed by atoms with van der Waals surface area (Å²) in [5.41, 5.74) is 0. The number of rotatable bonds is 4. The highest BCUT2D eigenvalue weighted by Gasteiger charge is 2.22. The molecule has 4 rings (SSSR count). The lowest BCUT2D eigenvalue weighted by Crippen LogP contribution is -2.47. The first-order valence-corrected chi connectivity index (χ1v) is 9.88. The van der Waals surface area contributed by atoms with Crippen LogP contribution in [0.4, 0.5) is 5.82 Å². The largest absolute Gasteiger partial charge is 0.353 e. The molecule has 0 bridgehead atoms. The summed E-state index contributed by atoms with van der Waals surface area (Å²) in [7, 11) is 0. The molecule has 1 aromatic heterocycles. The van der Waals surface area contributed by atoms with E-state index in [-0.39, 0.29) is 0 Å². The molecule has 2 fully saturated rings. The number of nitrogens with zero attached hydrogens (tertiary/aromatic N) is 4. The Kier molecular flexibility index (Phi) is 4.98. The minimum atomic E-state index is 0.866. The van der Waals surface area contributed by atoms with Gasteiger partial charge in [0.25, 0.3) is 0 Å². The van der Waals surface area contributed by atoms with E-state index < -0.39 is 0 Å². The molecule has 130 valence electrons. The van der Waals surface area contributed by atoms with Crippen LogP contribution in [-0.4, -0.2) is 60.1 Å². The Morgan fingerprint density at radius 3 is 2.58 bits per heavy atom. The van der Waals surface area contributed by atoms with E-state index in [1.165, 1.54) is 41.7 Å². The van der Waals surface area contributed by atoms with E-state index in [1.54, 1.807) is 11.5 Å². The molecular formula is C18H27N5S. The second-order valence-electron chi connectivity index (χ2n) is 7.10. The predicted octanol–water partition coefficient (Wildman–Crippen LogP) is 2.39. The number of piperazine rings is 1. The number of nitrogens with two attached hydrogens (primary N) is 1. The Labute approximate surface area is 148 Å². The zero-order valence-corrected chi connectivity index (χ0v) is 15.0. The molecule has 2 N–H and O–H groups in total. The van der Waals surface area contributed by atoms with Crippen LogP contribution >= 0.6 is 11.5 Å². The van der Waals surface area contributed by atoms with E-state index in [2.05, 4.69) is 34.1 Å². The fourth-order valence-corrected chi connectivity index (χ4v) is 4.69. The Morgan fingerprint density at radius 1 is 1.04 bits per heavy atom. The van der Waals surface area contributed by atoms with E-state index in [0.29, 0.717) is 0 Å². The first kappa shape index (κ1) is 16.3. The fourth-order valence-electron chi connectivity index (χ4n) is 3.89. The van der Waals surface area contributed by atoms with E-state index in [0.717, 1.165) is 45.2 Å². The third kappa shape index (κ3) is 3.57. The number of hydrogen-bond donors (Lipinski definition) is 1. The summed E-state index contributed by atoms with van der Waals surface area (Å²) >= 11 is 1.62. The Balaban J connectivity index is 1.27. The van der Waals surface area contributed by atoms with E-state index in [9.17, 15) is 0 Å². The van der Waals surface area contributed by atoms with Gasteiger partial charge in [0.2, 0.25) is 0 Å². The minimum Gasteiger partial charge on any atom is -0.353 e. The van der Waals surface area contributed by atoms with Gasteiger partial charge >= 0.3 is 0 Å². The van der Waals surface area contributed by atoms with Crippen molar-refractivity contribution >= 4 is 27.4 Å². The number of piperidine rings is 1. The molecule has 24 heavy (non-hydrogen) atoms.